The maximum absolute atomic E-state index is 12.7. The number of nitrogens with two attached hydrogens (primary N) is 1. The molecule has 0 radical (unpaired) electrons. The summed E-state index contributed by atoms with van der Waals surface area (Å²) < 4.78 is 21.9. The van der Waals surface area contributed by atoms with Crippen LogP contribution in [0.1, 0.15) is 60.4 Å². The highest BCUT2D eigenvalue weighted by Gasteiger charge is 2.57. The number of nitrogen functional groups attached to an aromatic ring is 1. The molecule has 10 heteroatoms. The van der Waals surface area contributed by atoms with Gasteiger partial charge in [0.15, 0.2) is 5.79 Å². The minimum Gasteiger partial charge on any atom is -0.444 e. The number of likely N-dealkylation sites (tertiary alicyclic amines) is 1. The maximum atomic E-state index is 12.7. The molecule has 6 atom stereocenters. The van der Waals surface area contributed by atoms with Gasteiger partial charge in [-0.2, -0.15) is 0 Å². The number of hydrogen-bond acceptors (Lipinski definition) is 7. The van der Waals surface area contributed by atoms with Crippen LogP contribution in [0.25, 0.3) is 11.0 Å². The van der Waals surface area contributed by atoms with Crippen LogP contribution in [0, 0.1) is 21.3 Å². The number of carbonyl (C=O) groups is 1. The van der Waals surface area contributed by atoms with E-state index in [1.165, 1.54) is 6.33 Å². The molecule has 192 valence electrons. The van der Waals surface area contributed by atoms with Gasteiger partial charge in [-0.25, -0.2) is 14.8 Å². The monoisotopic (exact) mass is 597 g/mol. The Balaban J connectivity index is 1.41. The number of hydrogen-bond donors (Lipinski definition) is 1. The van der Waals surface area contributed by atoms with Crippen LogP contribution in [0.15, 0.2) is 12.5 Å². The van der Waals surface area contributed by atoms with E-state index in [4.69, 9.17) is 19.9 Å². The largest absolute Gasteiger partial charge is 0.444 e. The number of rotatable bonds is 2. The molecule has 1 saturated carbocycles. The third-order valence-corrected chi connectivity index (χ3v) is 8.42. The van der Waals surface area contributed by atoms with Crippen LogP contribution >= 0.6 is 22.6 Å². The Morgan fingerprint density at radius 3 is 2.63 bits per heavy atom. The molecule has 4 heterocycles. The van der Waals surface area contributed by atoms with Gasteiger partial charge < -0.3 is 29.4 Å². The van der Waals surface area contributed by atoms with E-state index >= 15 is 0 Å². The van der Waals surface area contributed by atoms with E-state index in [2.05, 4.69) is 50.2 Å². The topological polar surface area (TPSA) is 105 Å². The Bertz CT molecular complexity index is 1130. The Morgan fingerprint density at radius 2 is 1.94 bits per heavy atom. The average molecular weight is 597 g/mol. The summed E-state index contributed by atoms with van der Waals surface area (Å²) in [4.78, 5) is 23.3. The summed E-state index contributed by atoms with van der Waals surface area (Å²) in [5.74, 6) is 0.918. The molecule has 2 aromatic rings. The molecular weight excluding hydrogens is 561 g/mol. The summed E-state index contributed by atoms with van der Waals surface area (Å²) in [5, 5.41) is 0.894. The minimum atomic E-state index is -0.642. The average Bonchev–Trinajstić information content (AvgIpc) is 3.35. The quantitative estimate of drug-likeness (QED) is 0.505. The first-order valence-electron chi connectivity index (χ1n) is 12.4. The standard InChI is InChI=1S/C25H36IN5O4/c1-13-10-30(23(32)35-24(2,3)4)8-7-14(13)15-9-17(20-19(15)33-25(5,6)34-20)31-11-16(26)18-21(27)28-12-29-22(18)31/h11-15,17,19-20H,7-10H2,1-6H3,(H2,27,28,29)/t13?,14?,15-,17-,19-,20+/m1/s1. The minimum absolute atomic E-state index is 0.00942. The molecule has 2 saturated heterocycles. The van der Waals surface area contributed by atoms with E-state index in [1.54, 1.807) is 0 Å². The third kappa shape index (κ3) is 4.61. The molecule has 0 spiro atoms. The van der Waals surface area contributed by atoms with E-state index in [0.29, 0.717) is 36.7 Å². The second kappa shape index (κ2) is 8.72. The first kappa shape index (κ1) is 25.0. The van der Waals surface area contributed by atoms with Crippen LogP contribution in [0.2, 0.25) is 0 Å². The highest BCUT2D eigenvalue weighted by Crippen LogP contribution is 2.52. The van der Waals surface area contributed by atoms with Crippen molar-refractivity contribution in [2.45, 2.75) is 84.0 Å². The summed E-state index contributed by atoms with van der Waals surface area (Å²) >= 11 is 2.30. The lowest BCUT2D eigenvalue weighted by molar-refractivity contribution is -0.164. The van der Waals surface area contributed by atoms with Gasteiger partial charge in [0, 0.05) is 22.9 Å². The molecule has 0 aromatic carbocycles. The Kier molecular flexibility index (Phi) is 6.23. The summed E-state index contributed by atoms with van der Waals surface area (Å²) in [7, 11) is 0. The lowest BCUT2D eigenvalue weighted by Gasteiger charge is -2.41. The molecular formula is C25H36IN5O4. The lowest BCUT2D eigenvalue weighted by Crippen LogP contribution is -2.47. The number of ether oxygens (including phenoxy) is 3. The van der Waals surface area contributed by atoms with Crippen molar-refractivity contribution in [3.63, 3.8) is 0 Å². The molecule has 3 aliphatic rings. The van der Waals surface area contributed by atoms with Gasteiger partial charge in [-0.3, -0.25) is 0 Å². The molecule has 2 unspecified atom stereocenters. The number of nitrogens with zero attached hydrogens (tertiary/aromatic N) is 4. The molecule has 5 rings (SSSR count). The van der Waals surface area contributed by atoms with Crippen molar-refractivity contribution in [2.24, 2.45) is 17.8 Å². The second-order valence-electron chi connectivity index (χ2n) is 11.7. The van der Waals surface area contributed by atoms with Crippen molar-refractivity contribution < 1.29 is 19.0 Å². The van der Waals surface area contributed by atoms with E-state index in [1.807, 2.05) is 39.5 Å². The zero-order chi connectivity index (χ0) is 25.3. The fraction of sp³-hybridized carbons (Fsp3) is 0.720. The summed E-state index contributed by atoms with van der Waals surface area (Å²) in [6.45, 7) is 13.3. The van der Waals surface area contributed by atoms with Crippen LogP contribution in [0.4, 0.5) is 10.6 Å². The number of aromatic nitrogens is 3. The van der Waals surface area contributed by atoms with E-state index in [9.17, 15) is 4.79 Å². The smallest absolute Gasteiger partial charge is 0.410 e. The van der Waals surface area contributed by atoms with E-state index < -0.39 is 11.4 Å². The van der Waals surface area contributed by atoms with E-state index in [0.717, 1.165) is 27.4 Å². The number of halogens is 1. The molecule has 1 amide bonds. The maximum Gasteiger partial charge on any atom is 0.410 e. The molecule has 0 bridgehead atoms. The number of anilines is 1. The molecule has 2 aliphatic heterocycles. The predicted octanol–water partition coefficient (Wildman–Crippen LogP) is 4.59. The highest BCUT2D eigenvalue weighted by atomic mass is 127. The molecule has 1 aliphatic carbocycles. The van der Waals surface area contributed by atoms with Crippen LogP contribution in [-0.4, -0.2) is 62.2 Å². The SMILES string of the molecule is CC1CN(C(=O)OC(C)(C)C)CCC1[C@H]1C[C@@H](n2cc(I)c3c(N)ncnc32)[C@@H]2OC(C)(C)O[C@@H]21. The van der Waals surface area contributed by atoms with Crippen molar-refractivity contribution in [1.82, 2.24) is 19.4 Å². The van der Waals surface area contributed by atoms with Crippen LogP contribution < -0.4 is 5.73 Å². The Hall–Kier alpha value is -1.66. The Labute approximate surface area is 220 Å². The molecule has 35 heavy (non-hydrogen) atoms. The number of fused-ring (bicyclic) bond motifs is 2. The van der Waals surface area contributed by atoms with Crippen molar-refractivity contribution >= 4 is 45.5 Å². The van der Waals surface area contributed by atoms with Crippen LogP contribution in [-0.2, 0) is 14.2 Å². The number of carbonyl (C=O) groups excluding carboxylic acids is 1. The van der Waals surface area contributed by atoms with Gasteiger partial charge >= 0.3 is 6.09 Å². The summed E-state index contributed by atoms with van der Waals surface area (Å²) in [6.07, 6.45) is 5.18. The number of amides is 1. The fourth-order valence-electron chi connectivity index (χ4n) is 6.29. The second-order valence-corrected chi connectivity index (χ2v) is 12.9. The lowest BCUT2D eigenvalue weighted by atomic mass is 9.75. The van der Waals surface area contributed by atoms with Gasteiger partial charge in [0.25, 0.3) is 0 Å². The number of piperidine rings is 1. The normalized spacial score (nSPS) is 32.7. The highest BCUT2D eigenvalue weighted by molar-refractivity contribution is 14.1. The zero-order valence-electron chi connectivity index (χ0n) is 21.3. The Morgan fingerprint density at radius 1 is 1.23 bits per heavy atom. The van der Waals surface area contributed by atoms with Gasteiger partial charge in [-0.1, -0.05) is 6.92 Å². The molecule has 2 aromatic heterocycles. The third-order valence-electron chi connectivity index (χ3n) is 7.60. The van der Waals surface area contributed by atoms with Gasteiger partial charge in [0.1, 0.15) is 29.5 Å². The first-order valence-corrected chi connectivity index (χ1v) is 13.5. The first-order chi connectivity index (χ1) is 16.3. The molecule has 9 nitrogen and oxygen atoms in total. The van der Waals surface area contributed by atoms with Crippen molar-refractivity contribution in [3.05, 3.63) is 16.1 Å². The van der Waals surface area contributed by atoms with Crippen LogP contribution in [0.5, 0.6) is 0 Å². The van der Waals surface area contributed by atoms with Gasteiger partial charge in [-0.15, -0.1) is 0 Å². The van der Waals surface area contributed by atoms with Crippen molar-refractivity contribution in [3.8, 4) is 0 Å². The zero-order valence-corrected chi connectivity index (χ0v) is 23.5. The molecule has 2 N–H and O–H groups in total. The predicted molar refractivity (Wildman–Crippen MR) is 141 cm³/mol. The van der Waals surface area contributed by atoms with Gasteiger partial charge in [0.2, 0.25) is 0 Å². The fourth-order valence-corrected chi connectivity index (χ4v) is 7.11. The van der Waals surface area contributed by atoms with E-state index in [-0.39, 0.29) is 24.3 Å². The summed E-state index contributed by atoms with van der Waals surface area (Å²) in [5.41, 5.74) is 6.54. The van der Waals surface area contributed by atoms with Gasteiger partial charge in [0.05, 0.1) is 17.5 Å². The van der Waals surface area contributed by atoms with Gasteiger partial charge in [-0.05, 0) is 87.8 Å². The molecule has 3 fully saturated rings. The summed E-state index contributed by atoms with van der Waals surface area (Å²) in [6, 6.07) is 0.0863. The van der Waals surface area contributed by atoms with Crippen molar-refractivity contribution in [2.75, 3.05) is 18.8 Å². The van der Waals surface area contributed by atoms with Crippen molar-refractivity contribution in [1.29, 1.82) is 0 Å². The van der Waals surface area contributed by atoms with Crippen LogP contribution in [0.3, 0.4) is 0 Å².